The van der Waals surface area contributed by atoms with Gasteiger partial charge >= 0.3 is 0 Å². The molecule has 0 saturated heterocycles. The van der Waals surface area contributed by atoms with Crippen LogP contribution in [0.4, 0.5) is 5.69 Å². The molecule has 0 bridgehead atoms. The van der Waals surface area contributed by atoms with Crippen molar-refractivity contribution < 1.29 is 14.8 Å². The summed E-state index contributed by atoms with van der Waals surface area (Å²) in [5.41, 5.74) is -2.04. The Balaban J connectivity index is 2.82. The summed E-state index contributed by atoms with van der Waals surface area (Å²) in [5, 5.41) is 30.2. The normalized spacial score (nSPS) is 10.1. The molecule has 0 radical (unpaired) electrons. The first kappa shape index (κ1) is 15.9. The van der Waals surface area contributed by atoms with E-state index >= 15 is 0 Å². The number of hydrogen-bond donors (Lipinski definition) is 1. The number of nitrogens with zero attached hydrogens (tertiary/aromatic N) is 3. The Labute approximate surface area is 130 Å². The third-order valence-corrected chi connectivity index (χ3v) is 3.49. The van der Waals surface area contributed by atoms with Crippen LogP contribution in [-0.4, -0.2) is 20.4 Å². The molecule has 0 spiro atoms. The number of nitriles is 1. The van der Waals surface area contributed by atoms with Gasteiger partial charge in [0.15, 0.2) is 0 Å². The van der Waals surface area contributed by atoms with Gasteiger partial charge in [0.05, 0.1) is 10.5 Å². The highest BCUT2D eigenvalue weighted by molar-refractivity contribution is 6.13. The van der Waals surface area contributed by atoms with Crippen molar-refractivity contribution in [3.8, 4) is 11.9 Å². The summed E-state index contributed by atoms with van der Waals surface area (Å²) in [7, 11) is 1.20. The van der Waals surface area contributed by atoms with Crippen molar-refractivity contribution in [2.75, 3.05) is 0 Å². The Morgan fingerprint density at radius 2 is 2.00 bits per heavy atom. The molecule has 8 nitrogen and oxygen atoms in total. The van der Waals surface area contributed by atoms with Crippen molar-refractivity contribution in [2.45, 2.75) is 6.92 Å². The van der Waals surface area contributed by atoms with E-state index in [1.807, 2.05) is 0 Å². The molecule has 23 heavy (non-hydrogen) atoms. The molecule has 1 aromatic carbocycles. The number of nitro groups is 1. The molecule has 1 aromatic heterocycles. The molecular formula is C15H11N3O5. The van der Waals surface area contributed by atoms with Crippen LogP contribution in [0.1, 0.15) is 27.0 Å². The van der Waals surface area contributed by atoms with Gasteiger partial charge in [-0.3, -0.25) is 24.3 Å². The van der Waals surface area contributed by atoms with E-state index in [1.54, 1.807) is 6.07 Å². The number of benzene rings is 1. The SMILES string of the molecule is Cc1c(C(=O)c2ccccc2[N+](=O)[O-])c(O)n(C)c(=O)c1C#N. The van der Waals surface area contributed by atoms with E-state index < -0.39 is 27.8 Å². The van der Waals surface area contributed by atoms with Gasteiger partial charge in [-0.1, -0.05) is 12.1 Å². The first-order chi connectivity index (χ1) is 10.8. The fourth-order valence-electron chi connectivity index (χ4n) is 2.25. The molecule has 0 aliphatic carbocycles. The number of aromatic hydroxyl groups is 1. The summed E-state index contributed by atoms with van der Waals surface area (Å²) in [6.07, 6.45) is 0. The molecule has 0 fully saturated rings. The number of carbonyl (C=O) groups excluding carboxylic acids is 1. The largest absolute Gasteiger partial charge is 0.494 e. The molecule has 0 atom stereocenters. The van der Waals surface area contributed by atoms with Crippen molar-refractivity contribution in [3.05, 3.63) is 67.0 Å². The smallest absolute Gasteiger partial charge is 0.280 e. The summed E-state index contributed by atoms with van der Waals surface area (Å²) >= 11 is 0. The number of para-hydroxylation sites is 1. The lowest BCUT2D eigenvalue weighted by atomic mass is 9.96. The van der Waals surface area contributed by atoms with Crippen LogP contribution >= 0.6 is 0 Å². The second-order valence-electron chi connectivity index (χ2n) is 4.78. The second-order valence-corrected chi connectivity index (χ2v) is 4.78. The van der Waals surface area contributed by atoms with Gasteiger partial charge < -0.3 is 5.11 Å². The van der Waals surface area contributed by atoms with Gasteiger partial charge in [0, 0.05) is 13.1 Å². The van der Waals surface area contributed by atoms with E-state index in [9.17, 15) is 24.8 Å². The summed E-state index contributed by atoms with van der Waals surface area (Å²) in [4.78, 5) is 34.9. The lowest BCUT2D eigenvalue weighted by molar-refractivity contribution is -0.385. The van der Waals surface area contributed by atoms with E-state index in [0.29, 0.717) is 0 Å². The van der Waals surface area contributed by atoms with Crippen molar-refractivity contribution >= 4 is 11.5 Å². The molecular weight excluding hydrogens is 302 g/mol. The third-order valence-electron chi connectivity index (χ3n) is 3.49. The minimum atomic E-state index is -0.834. The molecule has 2 aromatic rings. The van der Waals surface area contributed by atoms with Crippen molar-refractivity contribution in [1.82, 2.24) is 4.57 Å². The average molecular weight is 313 g/mol. The van der Waals surface area contributed by atoms with Gasteiger partial charge in [0.25, 0.3) is 11.2 Å². The quantitative estimate of drug-likeness (QED) is 0.518. The standard InChI is InChI=1S/C15H11N3O5/c1-8-10(7-16)14(20)17(2)15(21)12(8)13(19)9-5-3-4-6-11(9)18(22)23/h3-6,21H,1-2H3. The molecule has 0 amide bonds. The zero-order valence-electron chi connectivity index (χ0n) is 12.2. The fraction of sp³-hybridized carbons (Fsp3) is 0.133. The molecule has 0 saturated carbocycles. The maximum atomic E-state index is 12.7. The molecule has 0 unspecified atom stereocenters. The third kappa shape index (κ3) is 2.44. The van der Waals surface area contributed by atoms with Gasteiger partial charge in [0.2, 0.25) is 11.7 Å². The van der Waals surface area contributed by atoms with Crippen LogP contribution < -0.4 is 5.56 Å². The summed E-state index contributed by atoms with van der Waals surface area (Å²) in [6.45, 7) is 1.34. The van der Waals surface area contributed by atoms with E-state index in [-0.39, 0.29) is 22.3 Å². The monoisotopic (exact) mass is 313 g/mol. The van der Waals surface area contributed by atoms with Gasteiger partial charge in [-0.25, -0.2) is 0 Å². The number of pyridine rings is 1. The van der Waals surface area contributed by atoms with Crippen LogP contribution in [0, 0.1) is 28.4 Å². The van der Waals surface area contributed by atoms with E-state index in [1.165, 1.54) is 32.2 Å². The number of nitro benzene ring substituents is 1. The van der Waals surface area contributed by atoms with Crippen LogP contribution in [-0.2, 0) is 7.05 Å². The predicted octanol–water partition coefficient (Wildman–Crippen LogP) is 1.41. The maximum absolute atomic E-state index is 12.7. The highest BCUT2D eigenvalue weighted by Crippen LogP contribution is 2.28. The number of hydrogen-bond acceptors (Lipinski definition) is 6. The second kappa shape index (κ2) is 5.73. The first-order valence-electron chi connectivity index (χ1n) is 6.42. The van der Waals surface area contributed by atoms with Crippen molar-refractivity contribution in [3.63, 3.8) is 0 Å². The van der Waals surface area contributed by atoms with Crippen molar-refractivity contribution in [1.29, 1.82) is 5.26 Å². The predicted molar refractivity (Wildman–Crippen MR) is 79.3 cm³/mol. The molecule has 2 rings (SSSR count). The number of ketones is 1. The van der Waals surface area contributed by atoms with Gasteiger partial charge in [-0.2, -0.15) is 5.26 Å². The van der Waals surface area contributed by atoms with E-state index in [4.69, 9.17) is 5.26 Å². The van der Waals surface area contributed by atoms with Crippen LogP contribution in [0.15, 0.2) is 29.1 Å². The summed E-state index contributed by atoms with van der Waals surface area (Å²) in [6, 6.07) is 6.94. The molecule has 1 N–H and O–H groups in total. The Kier molecular flexibility index (Phi) is 3.96. The highest BCUT2D eigenvalue weighted by atomic mass is 16.6. The van der Waals surface area contributed by atoms with Gasteiger partial charge in [-0.15, -0.1) is 0 Å². The lowest BCUT2D eigenvalue weighted by Gasteiger charge is -2.12. The minimum Gasteiger partial charge on any atom is -0.494 e. The topological polar surface area (TPSA) is 126 Å². The zero-order valence-corrected chi connectivity index (χ0v) is 12.2. The van der Waals surface area contributed by atoms with Crippen LogP contribution in [0.5, 0.6) is 5.88 Å². The summed E-state index contributed by atoms with van der Waals surface area (Å²) < 4.78 is 0.757. The Morgan fingerprint density at radius 3 is 2.57 bits per heavy atom. The molecule has 8 heteroatoms. The van der Waals surface area contributed by atoms with Crippen molar-refractivity contribution in [2.24, 2.45) is 7.05 Å². The molecule has 1 heterocycles. The number of carbonyl (C=O) groups is 1. The van der Waals surface area contributed by atoms with Gasteiger partial charge in [-0.05, 0) is 18.6 Å². The lowest BCUT2D eigenvalue weighted by Crippen LogP contribution is -2.24. The highest BCUT2D eigenvalue weighted by Gasteiger charge is 2.27. The Hall–Kier alpha value is -3.47. The number of rotatable bonds is 3. The molecule has 116 valence electrons. The van der Waals surface area contributed by atoms with Crippen LogP contribution in [0.2, 0.25) is 0 Å². The molecule has 0 aliphatic rings. The fourth-order valence-corrected chi connectivity index (χ4v) is 2.25. The maximum Gasteiger partial charge on any atom is 0.280 e. The average Bonchev–Trinajstić information content (AvgIpc) is 2.53. The van der Waals surface area contributed by atoms with E-state index in [0.717, 1.165) is 10.6 Å². The Bertz CT molecular complexity index is 937. The Morgan fingerprint density at radius 1 is 1.39 bits per heavy atom. The van der Waals surface area contributed by atoms with Gasteiger partial charge in [0.1, 0.15) is 17.2 Å². The molecule has 0 aliphatic heterocycles. The van der Waals surface area contributed by atoms with Crippen LogP contribution in [0.3, 0.4) is 0 Å². The summed E-state index contributed by atoms with van der Waals surface area (Å²) in [5.74, 6) is -1.48. The first-order valence-corrected chi connectivity index (χ1v) is 6.42. The van der Waals surface area contributed by atoms with Crippen LogP contribution in [0.25, 0.3) is 0 Å². The van der Waals surface area contributed by atoms with E-state index in [2.05, 4.69) is 0 Å². The minimum absolute atomic E-state index is 0.0174. The number of aromatic nitrogens is 1. The zero-order chi connectivity index (χ0) is 17.3.